The smallest absolute Gasteiger partial charge is 0.311 e. The van der Waals surface area contributed by atoms with Gasteiger partial charge in [0.2, 0.25) is 0 Å². The standard InChI is InChI=1S/C24H27NO4/c1-25(2)14-15-29-23-13-10-17-6-4-5-7-20(17)22(23)16-21(24(26)27)18-8-11-19(28-3)12-9-18/h4-13,21H,14-16H2,1-3H3,(H,26,27). The Balaban J connectivity index is 1.98. The quantitative estimate of drug-likeness (QED) is 0.590. The first kappa shape index (κ1) is 20.7. The number of aliphatic carboxylic acids is 1. The average Bonchev–Trinajstić information content (AvgIpc) is 2.72. The lowest BCUT2D eigenvalue weighted by molar-refractivity contribution is -0.138. The van der Waals surface area contributed by atoms with Gasteiger partial charge in [-0.2, -0.15) is 0 Å². The molecule has 3 rings (SSSR count). The van der Waals surface area contributed by atoms with Gasteiger partial charge in [-0.15, -0.1) is 0 Å². The minimum absolute atomic E-state index is 0.348. The van der Waals surface area contributed by atoms with Crippen molar-refractivity contribution in [2.45, 2.75) is 12.3 Å². The van der Waals surface area contributed by atoms with Crippen molar-refractivity contribution in [1.82, 2.24) is 4.90 Å². The summed E-state index contributed by atoms with van der Waals surface area (Å²) in [5.41, 5.74) is 1.66. The number of nitrogens with zero attached hydrogens (tertiary/aromatic N) is 1. The van der Waals surface area contributed by atoms with Gasteiger partial charge in [0.05, 0.1) is 13.0 Å². The molecule has 5 heteroatoms. The maximum Gasteiger partial charge on any atom is 0.311 e. The van der Waals surface area contributed by atoms with E-state index in [1.807, 2.05) is 62.6 Å². The van der Waals surface area contributed by atoms with E-state index in [-0.39, 0.29) is 0 Å². The van der Waals surface area contributed by atoms with Crippen LogP contribution in [0, 0.1) is 0 Å². The van der Waals surface area contributed by atoms with E-state index in [0.29, 0.717) is 18.8 Å². The molecule has 1 N–H and O–H groups in total. The van der Waals surface area contributed by atoms with E-state index in [1.165, 1.54) is 0 Å². The van der Waals surface area contributed by atoms with Gasteiger partial charge in [-0.25, -0.2) is 0 Å². The molecule has 0 spiro atoms. The molecule has 3 aromatic rings. The van der Waals surface area contributed by atoms with E-state index in [1.54, 1.807) is 19.2 Å². The third kappa shape index (κ3) is 5.06. The van der Waals surface area contributed by atoms with E-state index >= 15 is 0 Å². The Morgan fingerprint density at radius 1 is 1.03 bits per heavy atom. The van der Waals surface area contributed by atoms with E-state index in [4.69, 9.17) is 9.47 Å². The summed E-state index contributed by atoms with van der Waals surface area (Å²) in [5, 5.41) is 12.0. The molecule has 0 amide bonds. The highest BCUT2D eigenvalue weighted by Crippen LogP contribution is 2.33. The lowest BCUT2D eigenvalue weighted by Crippen LogP contribution is -2.20. The zero-order valence-electron chi connectivity index (χ0n) is 17.1. The summed E-state index contributed by atoms with van der Waals surface area (Å²) in [4.78, 5) is 14.2. The molecule has 0 bridgehead atoms. The number of hydrogen-bond donors (Lipinski definition) is 1. The van der Waals surface area contributed by atoms with E-state index < -0.39 is 11.9 Å². The molecular formula is C24H27NO4. The fraction of sp³-hybridized carbons (Fsp3) is 0.292. The minimum Gasteiger partial charge on any atom is -0.497 e. The van der Waals surface area contributed by atoms with Gasteiger partial charge in [-0.05, 0) is 55.1 Å². The van der Waals surface area contributed by atoms with Crippen molar-refractivity contribution in [2.75, 3.05) is 34.4 Å². The number of rotatable bonds is 9. The molecule has 0 aliphatic heterocycles. The molecule has 5 nitrogen and oxygen atoms in total. The summed E-state index contributed by atoms with van der Waals surface area (Å²) in [6, 6.07) is 19.2. The Morgan fingerprint density at radius 2 is 1.76 bits per heavy atom. The SMILES string of the molecule is COc1ccc(C(Cc2c(OCCN(C)C)ccc3ccccc23)C(=O)O)cc1. The Labute approximate surface area is 171 Å². The third-order valence-electron chi connectivity index (χ3n) is 5.02. The molecule has 0 aliphatic rings. The summed E-state index contributed by atoms with van der Waals surface area (Å²) in [6.07, 6.45) is 0.348. The number of likely N-dealkylation sites (N-methyl/N-ethyl adjacent to an activating group) is 1. The highest BCUT2D eigenvalue weighted by atomic mass is 16.5. The van der Waals surface area contributed by atoms with Crippen molar-refractivity contribution >= 4 is 16.7 Å². The van der Waals surface area contributed by atoms with Crippen LogP contribution in [0.15, 0.2) is 60.7 Å². The van der Waals surface area contributed by atoms with Crippen LogP contribution in [0.3, 0.4) is 0 Å². The van der Waals surface area contributed by atoms with E-state index in [0.717, 1.165) is 34.2 Å². The van der Waals surface area contributed by atoms with Gasteiger partial charge < -0.3 is 19.5 Å². The molecule has 152 valence electrons. The summed E-state index contributed by atoms with van der Waals surface area (Å²) in [7, 11) is 5.58. The third-order valence-corrected chi connectivity index (χ3v) is 5.02. The van der Waals surface area contributed by atoms with Gasteiger partial charge >= 0.3 is 5.97 Å². The van der Waals surface area contributed by atoms with Crippen molar-refractivity contribution in [3.8, 4) is 11.5 Å². The first-order valence-corrected chi connectivity index (χ1v) is 9.64. The van der Waals surface area contributed by atoms with Crippen molar-refractivity contribution in [2.24, 2.45) is 0 Å². The van der Waals surface area contributed by atoms with E-state index in [2.05, 4.69) is 4.90 Å². The number of hydrogen-bond acceptors (Lipinski definition) is 4. The molecular weight excluding hydrogens is 366 g/mol. The van der Waals surface area contributed by atoms with Crippen LogP contribution in [-0.4, -0.2) is 50.3 Å². The number of fused-ring (bicyclic) bond motifs is 1. The van der Waals surface area contributed by atoms with Gasteiger partial charge in [-0.3, -0.25) is 4.79 Å². The largest absolute Gasteiger partial charge is 0.497 e. The van der Waals surface area contributed by atoms with Crippen molar-refractivity contribution in [3.63, 3.8) is 0 Å². The zero-order chi connectivity index (χ0) is 20.8. The fourth-order valence-electron chi connectivity index (χ4n) is 3.39. The topological polar surface area (TPSA) is 59.0 Å². The predicted octanol–water partition coefficient (Wildman–Crippen LogP) is 4.20. The number of carbonyl (C=O) groups is 1. The molecule has 0 radical (unpaired) electrons. The summed E-state index contributed by atoms with van der Waals surface area (Å²) < 4.78 is 11.3. The van der Waals surface area contributed by atoms with Gasteiger partial charge in [0.25, 0.3) is 0 Å². The van der Waals surface area contributed by atoms with Crippen LogP contribution < -0.4 is 9.47 Å². The first-order chi connectivity index (χ1) is 14.0. The molecule has 29 heavy (non-hydrogen) atoms. The molecule has 0 fully saturated rings. The highest BCUT2D eigenvalue weighted by Gasteiger charge is 2.23. The minimum atomic E-state index is -0.859. The summed E-state index contributed by atoms with van der Waals surface area (Å²) >= 11 is 0. The Bertz CT molecular complexity index is 966. The first-order valence-electron chi connectivity index (χ1n) is 9.64. The molecule has 0 aromatic heterocycles. The van der Waals surface area contributed by atoms with Gasteiger partial charge in [-0.1, -0.05) is 42.5 Å². The molecule has 1 atom stereocenters. The number of carboxylic acids is 1. The Morgan fingerprint density at radius 3 is 2.41 bits per heavy atom. The number of carboxylic acid groups (broad SMARTS) is 1. The lowest BCUT2D eigenvalue weighted by atomic mass is 9.89. The van der Waals surface area contributed by atoms with Gasteiger partial charge in [0, 0.05) is 12.1 Å². The zero-order valence-corrected chi connectivity index (χ0v) is 17.1. The van der Waals surface area contributed by atoms with E-state index in [9.17, 15) is 9.90 Å². The Hall–Kier alpha value is -3.05. The van der Waals surface area contributed by atoms with Crippen LogP contribution >= 0.6 is 0 Å². The fourth-order valence-corrected chi connectivity index (χ4v) is 3.39. The Kier molecular flexibility index (Phi) is 6.73. The van der Waals surface area contributed by atoms with Crippen LogP contribution in [0.2, 0.25) is 0 Å². The van der Waals surface area contributed by atoms with Crippen molar-refractivity contribution in [3.05, 3.63) is 71.8 Å². The number of methoxy groups -OCH3 is 1. The lowest BCUT2D eigenvalue weighted by Gasteiger charge is -2.19. The van der Waals surface area contributed by atoms with Crippen molar-refractivity contribution in [1.29, 1.82) is 0 Å². The highest BCUT2D eigenvalue weighted by molar-refractivity contribution is 5.89. The maximum atomic E-state index is 12.1. The second-order valence-corrected chi connectivity index (χ2v) is 7.28. The van der Waals surface area contributed by atoms with Crippen LogP contribution in [0.4, 0.5) is 0 Å². The number of ether oxygens (including phenoxy) is 2. The molecule has 0 heterocycles. The second-order valence-electron chi connectivity index (χ2n) is 7.28. The van der Waals surface area contributed by atoms with Crippen molar-refractivity contribution < 1.29 is 19.4 Å². The predicted molar refractivity (Wildman–Crippen MR) is 115 cm³/mol. The molecule has 0 aliphatic carbocycles. The van der Waals surface area contributed by atoms with Gasteiger partial charge in [0.1, 0.15) is 18.1 Å². The summed E-state index contributed by atoms with van der Waals surface area (Å²) in [6.45, 7) is 1.33. The molecule has 1 unspecified atom stereocenters. The number of benzene rings is 3. The average molecular weight is 393 g/mol. The van der Waals surface area contributed by atoms with Crippen LogP contribution in [0.5, 0.6) is 11.5 Å². The normalized spacial score (nSPS) is 12.1. The molecule has 0 saturated carbocycles. The monoisotopic (exact) mass is 393 g/mol. The van der Waals surface area contributed by atoms with Gasteiger partial charge in [0.15, 0.2) is 0 Å². The maximum absolute atomic E-state index is 12.1. The van der Waals surface area contributed by atoms with Crippen LogP contribution in [-0.2, 0) is 11.2 Å². The van der Waals surface area contributed by atoms with Crippen LogP contribution in [0.25, 0.3) is 10.8 Å². The molecule has 0 saturated heterocycles. The second kappa shape index (κ2) is 9.43. The molecule has 3 aromatic carbocycles. The van der Waals surface area contributed by atoms with Crippen LogP contribution in [0.1, 0.15) is 17.0 Å². The summed E-state index contributed by atoms with van der Waals surface area (Å²) in [5.74, 6) is -0.0914.